The van der Waals surface area contributed by atoms with Gasteiger partial charge in [-0.1, -0.05) is 6.42 Å². The van der Waals surface area contributed by atoms with Gasteiger partial charge in [0, 0.05) is 24.1 Å². The number of hydrogen-bond donors (Lipinski definition) is 3. The molecule has 1 amide bonds. The van der Waals surface area contributed by atoms with Gasteiger partial charge in [0.05, 0.1) is 5.56 Å². The molecule has 3 N–H and O–H groups in total. The molecule has 124 valence electrons. The molecule has 7 heteroatoms. The summed E-state index contributed by atoms with van der Waals surface area (Å²) >= 11 is 0. The molecule has 1 aromatic heterocycles. The Kier molecular flexibility index (Phi) is 3.48. The number of aromatic nitrogens is 2. The van der Waals surface area contributed by atoms with Crippen molar-refractivity contribution in [3.05, 3.63) is 55.7 Å². The molecule has 0 spiro atoms. The minimum atomic E-state index is -0.603. The molecule has 1 aliphatic heterocycles. The molecule has 2 heterocycles. The summed E-state index contributed by atoms with van der Waals surface area (Å²) in [5, 5.41) is 2.95. The Morgan fingerprint density at radius 3 is 2.83 bits per heavy atom. The maximum Gasteiger partial charge on any atom is 0.328 e. The van der Waals surface area contributed by atoms with E-state index in [9.17, 15) is 14.4 Å². The van der Waals surface area contributed by atoms with Gasteiger partial charge in [-0.2, -0.15) is 0 Å². The number of fused-ring (bicyclic) bond motifs is 2. The molecule has 0 atom stereocenters. The fraction of sp³-hybridized carbons (Fsp3) is 0.353. The molecule has 2 aliphatic rings. The first-order valence-electron chi connectivity index (χ1n) is 8.04. The van der Waals surface area contributed by atoms with Crippen LogP contribution >= 0.6 is 0 Å². The largest absolute Gasteiger partial charge is 0.440 e. The molecule has 1 saturated carbocycles. The number of aromatic amines is 2. The molecule has 1 fully saturated rings. The zero-order valence-corrected chi connectivity index (χ0v) is 13.0. The third-order valence-corrected chi connectivity index (χ3v) is 4.68. The van der Waals surface area contributed by atoms with Crippen LogP contribution in [-0.4, -0.2) is 22.4 Å². The summed E-state index contributed by atoms with van der Waals surface area (Å²) in [7, 11) is 0. The summed E-state index contributed by atoms with van der Waals surface area (Å²) in [6, 6.07) is 5.11. The van der Waals surface area contributed by atoms with Crippen LogP contribution in [0, 0.1) is 5.92 Å². The number of benzene rings is 1. The summed E-state index contributed by atoms with van der Waals surface area (Å²) in [4.78, 5) is 40.2. The quantitative estimate of drug-likeness (QED) is 0.674. The van der Waals surface area contributed by atoms with Crippen molar-refractivity contribution >= 4 is 5.91 Å². The van der Waals surface area contributed by atoms with E-state index in [1.54, 1.807) is 18.2 Å². The predicted octanol–water partition coefficient (Wildman–Crippen LogP) is 1.29. The van der Waals surface area contributed by atoms with E-state index in [1.165, 1.54) is 19.3 Å². The van der Waals surface area contributed by atoms with Crippen LogP contribution in [0.5, 0.6) is 11.6 Å². The van der Waals surface area contributed by atoms with Crippen molar-refractivity contribution in [2.45, 2.75) is 25.7 Å². The average Bonchev–Trinajstić information content (AvgIpc) is 2.51. The van der Waals surface area contributed by atoms with Crippen LogP contribution in [0.1, 0.15) is 40.7 Å². The van der Waals surface area contributed by atoms with E-state index in [0.717, 1.165) is 5.56 Å². The molecule has 7 nitrogen and oxygen atoms in total. The predicted molar refractivity (Wildman–Crippen MR) is 86.7 cm³/mol. The van der Waals surface area contributed by atoms with Crippen LogP contribution in [0.3, 0.4) is 0 Å². The lowest BCUT2D eigenvalue weighted by atomic mass is 9.85. The molecule has 4 rings (SSSR count). The van der Waals surface area contributed by atoms with Crippen LogP contribution in [0.2, 0.25) is 0 Å². The summed E-state index contributed by atoms with van der Waals surface area (Å²) < 4.78 is 5.59. The molecule has 2 aromatic rings. The monoisotopic (exact) mass is 327 g/mol. The smallest absolute Gasteiger partial charge is 0.328 e. The number of ether oxygens (including phenoxy) is 1. The number of carbonyl (C=O) groups excluding carboxylic acids is 1. The third kappa shape index (κ3) is 2.62. The van der Waals surface area contributed by atoms with E-state index in [1.807, 2.05) is 0 Å². The van der Waals surface area contributed by atoms with Gasteiger partial charge in [0.2, 0.25) is 5.88 Å². The Bertz CT molecular complexity index is 924. The fourth-order valence-corrected chi connectivity index (χ4v) is 3.03. The molecular formula is C17H17N3O4. The van der Waals surface area contributed by atoms with Crippen molar-refractivity contribution in [3.8, 4) is 11.6 Å². The van der Waals surface area contributed by atoms with Gasteiger partial charge in [0.15, 0.2) is 0 Å². The standard InChI is InChI=1S/C17H17N3O4/c21-14(18-8-9-2-1-3-9)10-4-5-13-11(6-10)7-12-15(22)19-17(23)20-16(12)24-13/h4-6,9H,1-3,7-8H2,(H,18,21)(H2,19,20,22,23). The second-order valence-corrected chi connectivity index (χ2v) is 6.32. The first-order valence-corrected chi connectivity index (χ1v) is 8.04. The zero-order chi connectivity index (χ0) is 16.7. The topological polar surface area (TPSA) is 104 Å². The Morgan fingerprint density at radius 1 is 1.25 bits per heavy atom. The first-order chi connectivity index (χ1) is 11.6. The van der Waals surface area contributed by atoms with E-state index in [4.69, 9.17) is 4.74 Å². The summed E-state index contributed by atoms with van der Waals surface area (Å²) in [6.45, 7) is 0.705. The van der Waals surface area contributed by atoms with Crippen molar-refractivity contribution in [1.29, 1.82) is 0 Å². The van der Waals surface area contributed by atoms with Crippen LogP contribution in [0.4, 0.5) is 0 Å². The van der Waals surface area contributed by atoms with Crippen LogP contribution < -0.4 is 21.3 Å². The number of amides is 1. The zero-order valence-electron chi connectivity index (χ0n) is 13.0. The second-order valence-electron chi connectivity index (χ2n) is 6.32. The maximum atomic E-state index is 12.3. The van der Waals surface area contributed by atoms with Crippen LogP contribution in [0.25, 0.3) is 0 Å². The van der Waals surface area contributed by atoms with Gasteiger partial charge < -0.3 is 10.1 Å². The third-order valence-electron chi connectivity index (χ3n) is 4.68. The Balaban J connectivity index is 1.57. The second kappa shape index (κ2) is 5.67. The Morgan fingerprint density at radius 2 is 2.08 bits per heavy atom. The van der Waals surface area contributed by atoms with E-state index < -0.39 is 11.2 Å². The lowest BCUT2D eigenvalue weighted by molar-refractivity contribution is 0.0939. The minimum Gasteiger partial charge on any atom is -0.440 e. The summed E-state index contributed by atoms with van der Waals surface area (Å²) in [6.07, 6.45) is 3.90. The summed E-state index contributed by atoms with van der Waals surface area (Å²) in [5.74, 6) is 1.18. The van der Waals surface area contributed by atoms with Crippen LogP contribution in [-0.2, 0) is 6.42 Å². The molecule has 0 unspecified atom stereocenters. The van der Waals surface area contributed by atoms with Gasteiger partial charge in [-0.15, -0.1) is 0 Å². The first kappa shape index (κ1) is 14.7. The number of nitrogens with one attached hydrogen (secondary N) is 3. The lowest BCUT2D eigenvalue weighted by Crippen LogP contribution is -2.32. The highest BCUT2D eigenvalue weighted by Crippen LogP contribution is 2.33. The molecule has 0 radical (unpaired) electrons. The van der Waals surface area contributed by atoms with Crippen LogP contribution in [0.15, 0.2) is 27.8 Å². The van der Waals surface area contributed by atoms with Gasteiger partial charge in [-0.25, -0.2) is 4.79 Å². The van der Waals surface area contributed by atoms with E-state index >= 15 is 0 Å². The molecule has 0 saturated heterocycles. The highest BCUT2D eigenvalue weighted by molar-refractivity contribution is 5.94. The fourth-order valence-electron chi connectivity index (χ4n) is 3.03. The molecule has 0 bridgehead atoms. The number of hydrogen-bond acceptors (Lipinski definition) is 4. The molecular weight excluding hydrogens is 310 g/mol. The summed E-state index contributed by atoms with van der Waals surface area (Å²) in [5.41, 5.74) is 0.569. The SMILES string of the molecule is O=C(NCC1CCC1)c1ccc2c(c1)Cc1c([nH]c(=O)[nH]c1=O)O2. The number of H-pyrrole nitrogens is 2. The maximum absolute atomic E-state index is 12.3. The molecule has 1 aliphatic carbocycles. The molecule has 24 heavy (non-hydrogen) atoms. The van der Waals surface area contributed by atoms with Gasteiger partial charge >= 0.3 is 5.69 Å². The van der Waals surface area contributed by atoms with Gasteiger partial charge in [-0.3, -0.25) is 19.6 Å². The number of rotatable bonds is 3. The lowest BCUT2D eigenvalue weighted by Gasteiger charge is -2.25. The Labute approximate surface area is 137 Å². The normalized spacial score (nSPS) is 15.7. The number of carbonyl (C=O) groups is 1. The van der Waals surface area contributed by atoms with Gasteiger partial charge in [0.1, 0.15) is 5.75 Å². The minimum absolute atomic E-state index is 0.120. The van der Waals surface area contributed by atoms with E-state index in [-0.39, 0.29) is 11.8 Å². The Hall–Kier alpha value is -2.83. The van der Waals surface area contributed by atoms with Crippen molar-refractivity contribution in [1.82, 2.24) is 15.3 Å². The van der Waals surface area contributed by atoms with Crippen molar-refractivity contribution in [3.63, 3.8) is 0 Å². The van der Waals surface area contributed by atoms with E-state index in [0.29, 0.717) is 35.8 Å². The average molecular weight is 327 g/mol. The van der Waals surface area contributed by atoms with Gasteiger partial charge in [0.25, 0.3) is 11.5 Å². The molecule has 1 aromatic carbocycles. The van der Waals surface area contributed by atoms with Crippen molar-refractivity contribution in [2.75, 3.05) is 6.54 Å². The van der Waals surface area contributed by atoms with E-state index in [2.05, 4.69) is 15.3 Å². The van der Waals surface area contributed by atoms with Crippen molar-refractivity contribution in [2.24, 2.45) is 5.92 Å². The highest BCUT2D eigenvalue weighted by atomic mass is 16.5. The van der Waals surface area contributed by atoms with Crippen molar-refractivity contribution < 1.29 is 9.53 Å². The highest BCUT2D eigenvalue weighted by Gasteiger charge is 2.23. The van der Waals surface area contributed by atoms with Gasteiger partial charge in [-0.05, 0) is 37.0 Å².